The largest absolute Gasteiger partial charge is 0.358 e. The summed E-state index contributed by atoms with van der Waals surface area (Å²) in [5, 5.41) is 2.61. The van der Waals surface area contributed by atoms with Crippen molar-refractivity contribution in [2.45, 2.75) is 39.5 Å². The Balaban J connectivity index is 0.000000141. The van der Waals surface area contributed by atoms with Crippen LogP contribution in [0.25, 0.3) is 21.8 Å². The van der Waals surface area contributed by atoms with Gasteiger partial charge in [-0.15, -0.1) is 0 Å². The summed E-state index contributed by atoms with van der Waals surface area (Å²) in [5.74, 6) is 1.16. The van der Waals surface area contributed by atoms with Gasteiger partial charge in [0.15, 0.2) is 0 Å². The molecule has 2 aromatic carbocycles. The van der Waals surface area contributed by atoms with Crippen molar-refractivity contribution in [3.05, 3.63) is 72.1 Å². The fourth-order valence-electron chi connectivity index (χ4n) is 2.81. The van der Waals surface area contributed by atoms with Crippen molar-refractivity contribution < 1.29 is 0 Å². The zero-order chi connectivity index (χ0) is 17.1. The normalized spacial score (nSPS) is 11.2. The van der Waals surface area contributed by atoms with Crippen molar-refractivity contribution in [3.8, 4) is 0 Å². The first-order valence-corrected chi connectivity index (χ1v) is 8.70. The monoisotopic (exact) mass is 318 g/mol. The van der Waals surface area contributed by atoms with E-state index in [-0.39, 0.29) is 0 Å². The first-order valence-electron chi connectivity index (χ1n) is 8.70. The van der Waals surface area contributed by atoms with E-state index < -0.39 is 0 Å². The number of benzene rings is 2. The number of para-hydroxylation sites is 2. The van der Waals surface area contributed by atoms with E-state index in [1.165, 1.54) is 33.2 Å². The predicted octanol–water partition coefficient (Wildman–Crippen LogP) is 6.58. The van der Waals surface area contributed by atoms with Gasteiger partial charge in [0, 0.05) is 22.4 Å². The molecule has 0 spiro atoms. The van der Waals surface area contributed by atoms with E-state index in [4.69, 9.17) is 0 Å². The molecule has 2 nitrogen and oxygen atoms in total. The predicted molar refractivity (Wildman–Crippen MR) is 105 cm³/mol. The minimum Gasteiger partial charge on any atom is -0.358 e. The summed E-state index contributed by atoms with van der Waals surface area (Å²) in [7, 11) is 0. The Morgan fingerprint density at radius 2 is 0.958 bits per heavy atom. The highest BCUT2D eigenvalue weighted by atomic mass is 14.7. The van der Waals surface area contributed by atoms with Gasteiger partial charge in [-0.1, -0.05) is 64.1 Å². The van der Waals surface area contributed by atoms with Crippen LogP contribution in [0.2, 0.25) is 0 Å². The first kappa shape index (κ1) is 16.4. The molecule has 4 aromatic rings. The maximum absolute atomic E-state index is 3.40. The number of H-pyrrole nitrogens is 2. The van der Waals surface area contributed by atoms with Crippen LogP contribution in [-0.4, -0.2) is 9.97 Å². The average Bonchev–Trinajstić information content (AvgIpc) is 3.19. The molecule has 0 aliphatic rings. The second kappa shape index (κ2) is 6.96. The molecule has 0 saturated heterocycles. The van der Waals surface area contributed by atoms with Crippen molar-refractivity contribution >= 4 is 21.8 Å². The average molecular weight is 318 g/mol. The van der Waals surface area contributed by atoms with Crippen molar-refractivity contribution in [3.63, 3.8) is 0 Å². The number of fused-ring (bicyclic) bond motifs is 2. The smallest absolute Gasteiger partial charge is 0.0456 e. The van der Waals surface area contributed by atoms with Gasteiger partial charge in [0.1, 0.15) is 0 Å². The van der Waals surface area contributed by atoms with E-state index in [2.05, 4.69) is 98.3 Å². The van der Waals surface area contributed by atoms with Crippen LogP contribution in [-0.2, 0) is 0 Å². The standard InChI is InChI=1S/2C11H13N/c2*1-8(2)11-7-9-5-3-4-6-10(9)12-11/h2*3-8,12H,1-2H3. The van der Waals surface area contributed by atoms with E-state index in [1.807, 2.05) is 0 Å². The quantitative estimate of drug-likeness (QED) is 0.418. The molecule has 0 unspecified atom stereocenters. The molecular formula is C22H26N2. The minimum atomic E-state index is 0.581. The van der Waals surface area contributed by atoms with Gasteiger partial charge in [0.2, 0.25) is 0 Å². The summed E-state index contributed by atoms with van der Waals surface area (Å²) in [5.41, 5.74) is 5.11. The molecule has 0 atom stereocenters. The Morgan fingerprint density at radius 1 is 0.583 bits per heavy atom. The molecule has 0 aliphatic heterocycles. The van der Waals surface area contributed by atoms with Gasteiger partial charge in [-0.2, -0.15) is 0 Å². The van der Waals surface area contributed by atoms with Crippen LogP contribution < -0.4 is 0 Å². The van der Waals surface area contributed by atoms with Crippen LogP contribution >= 0.6 is 0 Å². The van der Waals surface area contributed by atoms with Gasteiger partial charge in [0.25, 0.3) is 0 Å². The zero-order valence-corrected chi connectivity index (χ0v) is 14.9. The molecule has 4 rings (SSSR count). The van der Waals surface area contributed by atoms with E-state index in [0.29, 0.717) is 11.8 Å². The van der Waals surface area contributed by atoms with E-state index in [9.17, 15) is 0 Å². The lowest BCUT2D eigenvalue weighted by Crippen LogP contribution is -1.84. The second-order valence-electron chi connectivity index (χ2n) is 6.93. The Hall–Kier alpha value is -2.48. The van der Waals surface area contributed by atoms with Crippen LogP contribution in [0.5, 0.6) is 0 Å². The number of aromatic nitrogens is 2. The number of nitrogens with one attached hydrogen (secondary N) is 2. The van der Waals surface area contributed by atoms with Crippen LogP contribution in [0.15, 0.2) is 60.7 Å². The molecule has 0 radical (unpaired) electrons. The summed E-state index contributed by atoms with van der Waals surface area (Å²) >= 11 is 0. The lowest BCUT2D eigenvalue weighted by atomic mass is 10.1. The van der Waals surface area contributed by atoms with Crippen LogP contribution in [0, 0.1) is 0 Å². The number of hydrogen-bond donors (Lipinski definition) is 2. The molecule has 2 N–H and O–H groups in total. The third-order valence-electron chi connectivity index (χ3n) is 4.35. The van der Waals surface area contributed by atoms with Crippen molar-refractivity contribution in [2.75, 3.05) is 0 Å². The van der Waals surface area contributed by atoms with E-state index >= 15 is 0 Å². The molecule has 0 amide bonds. The molecule has 2 heteroatoms. The molecule has 0 saturated carbocycles. The number of aromatic amines is 2. The minimum absolute atomic E-state index is 0.581. The van der Waals surface area contributed by atoms with E-state index in [0.717, 1.165) is 0 Å². The lowest BCUT2D eigenvalue weighted by Gasteiger charge is -1.97. The molecule has 0 aliphatic carbocycles. The van der Waals surface area contributed by atoms with Gasteiger partial charge >= 0.3 is 0 Å². The SMILES string of the molecule is CC(C)c1cc2ccccc2[nH]1.CC(C)c1cc2ccccc2[nH]1. The van der Waals surface area contributed by atoms with Gasteiger partial charge < -0.3 is 9.97 Å². The fourth-order valence-corrected chi connectivity index (χ4v) is 2.81. The zero-order valence-electron chi connectivity index (χ0n) is 14.9. The topological polar surface area (TPSA) is 31.6 Å². The lowest BCUT2D eigenvalue weighted by molar-refractivity contribution is 0.836. The summed E-state index contributed by atoms with van der Waals surface area (Å²) < 4.78 is 0. The Labute approximate surface area is 143 Å². The van der Waals surface area contributed by atoms with Gasteiger partial charge in [-0.05, 0) is 46.9 Å². The van der Waals surface area contributed by atoms with Gasteiger partial charge in [0.05, 0.1) is 0 Å². The highest BCUT2D eigenvalue weighted by Gasteiger charge is 2.03. The van der Waals surface area contributed by atoms with Crippen molar-refractivity contribution in [1.29, 1.82) is 0 Å². The molecule has 124 valence electrons. The van der Waals surface area contributed by atoms with Crippen molar-refractivity contribution in [1.82, 2.24) is 9.97 Å². The summed E-state index contributed by atoms with van der Waals surface area (Å²) in [6, 6.07) is 21.2. The van der Waals surface area contributed by atoms with Crippen LogP contribution in [0.3, 0.4) is 0 Å². The second-order valence-corrected chi connectivity index (χ2v) is 6.93. The Bertz CT molecular complexity index is 781. The molecule has 2 aromatic heterocycles. The molecule has 0 bridgehead atoms. The van der Waals surface area contributed by atoms with Gasteiger partial charge in [-0.25, -0.2) is 0 Å². The molecule has 24 heavy (non-hydrogen) atoms. The summed E-state index contributed by atoms with van der Waals surface area (Å²) in [6.07, 6.45) is 0. The molecule has 2 heterocycles. The fraction of sp³-hybridized carbons (Fsp3) is 0.273. The van der Waals surface area contributed by atoms with Crippen molar-refractivity contribution in [2.24, 2.45) is 0 Å². The highest BCUT2D eigenvalue weighted by molar-refractivity contribution is 5.81. The first-order chi connectivity index (χ1) is 11.5. The Morgan fingerprint density at radius 3 is 1.29 bits per heavy atom. The van der Waals surface area contributed by atoms with Crippen LogP contribution in [0.4, 0.5) is 0 Å². The highest BCUT2D eigenvalue weighted by Crippen LogP contribution is 2.21. The summed E-state index contributed by atoms with van der Waals surface area (Å²) in [4.78, 5) is 6.79. The molecular weight excluding hydrogens is 292 g/mol. The Kier molecular flexibility index (Phi) is 4.75. The maximum Gasteiger partial charge on any atom is 0.0456 e. The number of rotatable bonds is 2. The number of hydrogen-bond acceptors (Lipinski definition) is 0. The molecule has 0 fully saturated rings. The third kappa shape index (κ3) is 3.53. The maximum atomic E-state index is 3.40. The third-order valence-corrected chi connectivity index (χ3v) is 4.35. The van der Waals surface area contributed by atoms with Gasteiger partial charge in [-0.3, -0.25) is 0 Å². The van der Waals surface area contributed by atoms with Crippen LogP contribution in [0.1, 0.15) is 50.9 Å². The van der Waals surface area contributed by atoms with E-state index in [1.54, 1.807) is 0 Å². The summed E-state index contributed by atoms with van der Waals surface area (Å²) in [6.45, 7) is 8.80.